The van der Waals surface area contributed by atoms with Crippen LogP contribution in [0.4, 0.5) is 0 Å². The van der Waals surface area contributed by atoms with Crippen molar-refractivity contribution < 1.29 is 20.1 Å². The van der Waals surface area contributed by atoms with Gasteiger partial charge in [-0.2, -0.15) is 0 Å². The molecule has 4 atom stereocenters. The SMILES string of the molecule is CNC(=S)N(C)N[C@H]1OC[C@@H](O)[C@@H](O)[C@H]1O. The first-order valence-corrected chi connectivity index (χ1v) is 5.25. The van der Waals surface area contributed by atoms with E-state index >= 15 is 0 Å². The van der Waals surface area contributed by atoms with Gasteiger partial charge in [0.1, 0.15) is 18.3 Å². The van der Waals surface area contributed by atoms with E-state index in [9.17, 15) is 15.3 Å². The Hall–Kier alpha value is -0.510. The van der Waals surface area contributed by atoms with E-state index in [-0.39, 0.29) is 6.61 Å². The van der Waals surface area contributed by atoms with Gasteiger partial charge >= 0.3 is 0 Å². The second-order valence-corrected chi connectivity index (χ2v) is 3.93. The normalized spacial score (nSPS) is 34.6. The van der Waals surface area contributed by atoms with Gasteiger partial charge < -0.3 is 25.4 Å². The Morgan fingerprint density at radius 1 is 1.38 bits per heavy atom. The molecule has 8 heteroatoms. The van der Waals surface area contributed by atoms with Crippen molar-refractivity contribution in [2.45, 2.75) is 24.5 Å². The summed E-state index contributed by atoms with van der Waals surface area (Å²) >= 11 is 4.94. The van der Waals surface area contributed by atoms with Crippen LogP contribution in [0.3, 0.4) is 0 Å². The lowest BCUT2D eigenvalue weighted by molar-refractivity contribution is -0.203. The van der Waals surface area contributed by atoms with Gasteiger partial charge in [0.25, 0.3) is 0 Å². The summed E-state index contributed by atoms with van der Waals surface area (Å²) in [7, 11) is 3.31. The summed E-state index contributed by atoms with van der Waals surface area (Å²) in [4.78, 5) is 0. The average Bonchev–Trinajstić information content (AvgIpc) is 2.28. The Morgan fingerprint density at radius 3 is 2.56 bits per heavy atom. The molecule has 0 aromatic carbocycles. The zero-order chi connectivity index (χ0) is 12.3. The Bertz CT molecular complexity index is 255. The number of rotatable bonds is 2. The van der Waals surface area contributed by atoms with Gasteiger partial charge in [0.15, 0.2) is 11.3 Å². The van der Waals surface area contributed by atoms with Gasteiger partial charge in [-0.15, -0.1) is 0 Å². The summed E-state index contributed by atoms with van der Waals surface area (Å²) in [5, 5.41) is 32.9. The summed E-state index contributed by atoms with van der Waals surface area (Å²) in [6, 6.07) is 0. The van der Waals surface area contributed by atoms with Crippen molar-refractivity contribution in [2.75, 3.05) is 20.7 Å². The molecule has 1 aliphatic heterocycles. The zero-order valence-corrected chi connectivity index (χ0v) is 9.94. The molecular weight excluding hydrogens is 234 g/mol. The monoisotopic (exact) mass is 251 g/mol. The highest BCUT2D eigenvalue weighted by Crippen LogP contribution is 2.13. The summed E-state index contributed by atoms with van der Waals surface area (Å²) in [5.41, 5.74) is 2.76. The van der Waals surface area contributed by atoms with Crippen LogP contribution in [-0.2, 0) is 4.74 Å². The van der Waals surface area contributed by atoms with E-state index in [2.05, 4.69) is 10.7 Å². The fraction of sp³-hybridized carbons (Fsp3) is 0.875. The maximum Gasteiger partial charge on any atom is 0.183 e. The Morgan fingerprint density at radius 2 is 2.00 bits per heavy atom. The second-order valence-electron chi connectivity index (χ2n) is 3.55. The molecule has 0 aromatic rings. The Balaban J connectivity index is 2.51. The van der Waals surface area contributed by atoms with Crippen molar-refractivity contribution in [3.05, 3.63) is 0 Å². The van der Waals surface area contributed by atoms with Crippen LogP contribution >= 0.6 is 12.2 Å². The van der Waals surface area contributed by atoms with E-state index < -0.39 is 24.5 Å². The first-order valence-electron chi connectivity index (χ1n) is 4.84. The van der Waals surface area contributed by atoms with E-state index in [0.29, 0.717) is 5.11 Å². The van der Waals surface area contributed by atoms with Gasteiger partial charge in [-0.05, 0) is 12.2 Å². The quantitative estimate of drug-likeness (QED) is 0.269. The number of nitrogens with zero attached hydrogens (tertiary/aromatic N) is 1. The minimum atomic E-state index is -1.23. The summed E-state index contributed by atoms with van der Waals surface area (Å²) in [5.74, 6) is 0. The summed E-state index contributed by atoms with van der Waals surface area (Å²) in [6.45, 7) is -0.0456. The van der Waals surface area contributed by atoms with Gasteiger partial charge in [0.2, 0.25) is 0 Å². The number of nitrogens with one attached hydrogen (secondary N) is 2. The van der Waals surface area contributed by atoms with Crippen molar-refractivity contribution in [1.82, 2.24) is 15.8 Å². The smallest absolute Gasteiger partial charge is 0.183 e. The van der Waals surface area contributed by atoms with Crippen molar-refractivity contribution >= 4 is 17.3 Å². The Kier molecular flexibility index (Phi) is 4.84. The van der Waals surface area contributed by atoms with Gasteiger partial charge in [0, 0.05) is 14.1 Å². The molecule has 0 spiro atoms. The van der Waals surface area contributed by atoms with Crippen LogP contribution in [0.15, 0.2) is 0 Å². The van der Waals surface area contributed by atoms with E-state index in [4.69, 9.17) is 17.0 Å². The number of hydrogen-bond acceptors (Lipinski definition) is 6. The third kappa shape index (κ3) is 3.00. The summed E-state index contributed by atoms with van der Waals surface area (Å²) in [6.07, 6.45) is -4.34. The van der Waals surface area contributed by atoms with Gasteiger partial charge in [-0.3, -0.25) is 5.01 Å². The molecular formula is C8H17N3O4S. The molecule has 0 radical (unpaired) electrons. The van der Waals surface area contributed by atoms with E-state index in [1.807, 2.05) is 0 Å². The molecule has 0 aromatic heterocycles. The number of thiocarbonyl (C=S) groups is 1. The van der Waals surface area contributed by atoms with Gasteiger partial charge in [-0.1, -0.05) is 0 Å². The van der Waals surface area contributed by atoms with E-state index in [1.165, 1.54) is 5.01 Å². The van der Waals surface area contributed by atoms with Crippen LogP contribution in [-0.4, -0.2) is 70.7 Å². The number of ether oxygens (including phenoxy) is 1. The molecule has 1 fully saturated rings. The third-order valence-corrected chi connectivity index (χ3v) is 2.82. The number of aliphatic hydroxyl groups is 3. The molecule has 0 saturated carbocycles. The highest BCUT2D eigenvalue weighted by molar-refractivity contribution is 7.80. The third-order valence-electron chi connectivity index (χ3n) is 2.34. The first kappa shape index (κ1) is 13.6. The fourth-order valence-corrected chi connectivity index (χ4v) is 1.39. The van der Waals surface area contributed by atoms with Crippen LogP contribution < -0.4 is 10.7 Å². The second kappa shape index (κ2) is 5.71. The van der Waals surface area contributed by atoms with E-state index in [1.54, 1.807) is 14.1 Å². The van der Waals surface area contributed by atoms with Crippen molar-refractivity contribution in [1.29, 1.82) is 0 Å². The molecule has 0 aliphatic carbocycles. The predicted octanol–water partition coefficient (Wildman–Crippen LogP) is -2.63. The average molecular weight is 251 g/mol. The van der Waals surface area contributed by atoms with Crippen molar-refractivity contribution in [3.63, 3.8) is 0 Å². The van der Waals surface area contributed by atoms with Crippen LogP contribution in [0, 0.1) is 0 Å². The molecule has 1 aliphatic rings. The lowest BCUT2D eigenvalue weighted by Gasteiger charge is -2.37. The van der Waals surface area contributed by atoms with Crippen LogP contribution in [0.25, 0.3) is 0 Å². The standard InChI is InChI=1S/C8H17N3O4S/c1-9-8(16)11(2)10-7-6(14)5(13)4(12)3-15-7/h4-7,10,12-14H,3H2,1-2H3,(H,9,16)/t4-,5-,6-,7+/m1/s1. The van der Waals surface area contributed by atoms with Crippen LogP contribution in [0.2, 0.25) is 0 Å². The predicted molar refractivity (Wildman–Crippen MR) is 60.3 cm³/mol. The Labute approximate surface area is 99.0 Å². The zero-order valence-electron chi connectivity index (χ0n) is 9.12. The highest BCUT2D eigenvalue weighted by atomic mass is 32.1. The minimum absolute atomic E-state index is 0.0456. The molecule has 94 valence electrons. The topological polar surface area (TPSA) is 97.2 Å². The fourth-order valence-electron chi connectivity index (χ4n) is 1.34. The van der Waals surface area contributed by atoms with Crippen molar-refractivity contribution in [3.8, 4) is 0 Å². The molecule has 1 rings (SSSR count). The molecule has 1 heterocycles. The molecule has 7 nitrogen and oxygen atoms in total. The largest absolute Gasteiger partial charge is 0.388 e. The number of hydrogen-bond donors (Lipinski definition) is 5. The maximum absolute atomic E-state index is 9.62. The number of hydrazine groups is 1. The molecule has 1 saturated heterocycles. The molecule has 0 unspecified atom stereocenters. The number of aliphatic hydroxyl groups excluding tert-OH is 3. The highest BCUT2D eigenvalue weighted by Gasteiger charge is 2.38. The summed E-state index contributed by atoms with van der Waals surface area (Å²) < 4.78 is 5.14. The minimum Gasteiger partial charge on any atom is -0.388 e. The van der Waals surface area contributed by atoms with Crippen LogP contribution in [0.5, 0.6) is 0 Å². The molecule has 0 bridgehead atoms. The van der Waals surface area contributed by atoms with Crippen molar-refractivity contribution in [2.24, 2.45) is 0 Å². The molecule has 0 amide bonds. The lowest BCUT2D eigenvalue weighted by atomic mass is 10.0. The van der Waals surface area contributed by atoms with Crippen LogP contribution in [0.1, 0.15) is 0 Å². The first-order chi connectivity index (χ1) is 7.47. The maximum atomic E-state index is 9.62. The lowest BCUT2D eigenvalue weighted by Crippen LogP contribution is -2.62. The molecule has 16 heavy (non-hydrogen) atoms. The van der Waals surface area contributed by atoms with Gasteiger partial charge in [-0.25, -0.2) is 5.43 Å². The van der Waals surface area contributed by atoms with E-state index in [0.717, 1.165) is 0 Å². The van der Waals surface area contributed by atoms with Gasteiger partial charge in [0.05, 0.1) is 6.61 Å². The molecule has 5 N–H and O–H groups in total.